The van der Waals surface area contributed by atoms with Crippen molar-refractivity contribution in [1.82, 2.24) is 20.4 Å². The van der Waals surface area contributed by atoms with Gasteiger partial charge < -0.3 is 34.6 Å². The van der Waals surface area contributed by atoms with Crippen LogP contribution < -0.4 is 10.6 Å². The summed E-state index contributed by atoms with van der Waals surface area (Å²) in [5.41, 5.74) is 0.175. The highest BCUT2D eigenvalue weighted by molar-refractivity contribution is 5.89. The van der Waals surface area contributed by atoms with Crippen molar-refractivity contribution in [3.05, 3.63) is 35.9 Å². The van der Waals surface area contributed by atoms with Crippen molar-refractivity contribution >= 4 is 30.0 Å². The summed E-state index contributed by atoms with van der Waals surface area (Å²) >= 11 is 0. The number of esters is 1. The lowest BCUT2D eigenvalue weighted by Gasteiger charge is -2.35. The van der Waals surface area contributed by atoms with Gasteiger partial charge in [0.2, 0.25) is 11.8 Å². The topological polar surface area (TPSA) is 144 Å². The highest BCUT2D eigenvalue weighted by Crippen LogP contribution is 2.24. The molecule has 2 atom stereocenters. The number of ether oxygens (including phenoxy) is 3. The van der Waals surface area contributed by atoms with Crippen LogP contribution in [-0.4, -0.2) is 90.7 Å². The molecule has 2 N–H and O–H groups in total. The van der Waals surface area contributed by atoms with E-state index in [0.29, 0.717) is 44.9 Å². The monoisotopic (exact) mass is 602 g/mol. The quantitative estimate of drug-likeness (QED) is 0.307. The number of methoxy groups -OCH3 is 1. The van der Waals surface area contributed by atoms with Crippen LogP contribution in [0.2, 0.25) is 0 Å². The molecule has 0 aliphatic carbocycles. The van der Waals surface area contributed by atoms with Gasteiger partial charge in [-0.2, -0.15) is 0 Å². The summed E-state index contributed by atoms with van der Waals surface area (Å²) < 4.78 is 15.4. The van der Waals surface area contributed by atoms with Crippen molar-refractivity contribution in [2.45, 2.75) is 90.0 Å². The highest BCUT2D eigenvalue weighted by atomic mass is 16.6. The second-order valence-corrected chi connectivity index (χ2v) is 12.2. The zero-order valence-electron chi connectivity index (χ0n) is 25.8. The first kappa shape index (κ1) is 33.7. The first-order valence-electron chi connectivity index (χ1n) is 15.0. The predicted octanol–water partition coefficient (Wildman–Crippen LogP) is 3.38. The minimum Gasteiger partial charge on any atom is -0.469 e. The smallest absolute Gasteiger partial charge is 0.410 e. The van der Waals surface area contributed by atoms with Crippen LogP contribution in [0.5, 0.6) is 0 Å². The molecule has 2 saturated heterocycles. The first-order valence-corrected chi connectivity index (χ1v) is 15.0. The molecule has 12 heteroatoms. The highest BCUT2D eigenvalue weighted by Gasteiger charge is 2.31. The van der Waals surface area contributed by atoms with E-state index in [2.05, 4.69) is 15.4 Å². The van der Waals surface area contributed by atoms with E-state index in [-0.39, 0.29) is 31.1 Å². The summed E-state index contributed by atoms with van der Waals surface area (Å²) in [5.74, 6) is -0.807. The molecule has 0 radical (unpaired) electrons. The molecular weight excluding hydrogens is 556 g/mol. The van der Waals surface area contributed by atoms with Gasteiger partial charge in [-0.1, -0.05) is 30.3 Å². The maximum Gasteiger partial charge on any atom is 0.410 e. The van der Waals surface area contributed by atoms with Crippen LogP contribution in [0.25, 0.3) is 0 Å². The molecule has 2 fully saturated rings. The van der Waals surface area contributed by atoms with Crippen molar-refractivity contribution in [3.63, 3.8) is 0 Å². The van der Waals surface area contributed by atoms with Crippen LogP contribution in [0.1, 0.15) is 71.3 Å². The van der Waals surface area contributed by atoms with E-state index in [0.717, 1.165) is 31.2 Å². The van der Waals surface area contributed by atoms with Gasteiger partial charge in [0.05, 0.1) is 13.5 Å². The molecule has 3 rings (SSSR count). The average molecular weight is 603 g/mol. The van der Waals surface area contributed by atoms with Crippen LogP contribution in [0.15, 0.2) is 30.3 Å². The summed E-state index contributed by atoms with van der Waals surface area (Å²) in [6.45, 7) is 7.51. The molecule has 0 bridgehead atoms. The minimum absolute atomic E-state index is 0.0293. The fourth-order valence-corrected chi connectivity index (χ4v) is 5.23. The van der Waals surface area contributed by atoms with Crippen molar-refractivity contribution in [3.8, 4) is 0 Å². The van der Waals surface area contributed by atoms with E-state index in [4.69, 9.17) is 9.47 Å². The Balaban J connectivity index is 1.41. The van der Waals surface area contributed by atoms with Crippen molar-refractivity contribution in [1.29, 1.82) is 0 Å². The van der Waals surface area contributed by atoms with Crippen molar-refractivity contribution in [2.24, 2.45) is 5.92 Å². The Labute approximate surface area is 253 Å². The van der Waals surface area contributed by atoms with Gasteiger partial charge >= 0.3 is 18.2 Å². The molecule has 4 amide bonds. The summed E-state index contributed by atoms with van der Waals surface area (Å²) in [6, 6.07) is 8.09. The van der Waals surface area contributed by atoms with Crippen molar-refractivity contribution < 1.29 is 38.2 Å². The van der Waals surface area contributed by atoms with Crippen LogP contribution >= 0.6 is 0 Å². The van der Waals surface area contributed by atoms with Gasteiger partial charge in [0.25, 0.3) is 0 Å². The van der Waals surface area contributed by atoms with Gasteiger partial charge in [0, 0.05) is 38.6 Å². The number of hydrogen-bond acceptors (Lipinski definition) is 8. The summed E-state index contributed by atoms with van der Waals surface area (Å²) in [7, 11) is 1.21. The Hall–Kier alpha value is -3.83. The van der Waals surface area contributed by atoms with Gasteiger partial charge in [-0.15, -0.1) is 0 Å². The lowest BCUT2D eigenvalue weighted by molar-refractivity contribution is -0.143. The number of rotatable bonds is 10. The third-order valence-corrected chi connectivity index (χ3v) is 7.57. The molecule has 238 valence electrons. The third kappa shape index (κ3) is 11.8. The summed E-state index contributed by atoms with van der Waals surface area (Å²) in [5, 5.41) is 5.34. The Kier molecular flexibility index (Phi) is 12.6. The zero-order chi connectivity index (χ0) is 31.4. The van der Waals surface area contributed by atoms with E-state index in [9.17, 15) is 24.0 Å². The molecule has 0 aromatic heterocycles. The van der Waals surface area contributed by atoms with Gasteiger partial charge in [0.1, 0.15) is 18.2 Å². The predicted molar refractivity (Wildman–Crippen MR) is 158 cm³/mol. The standard InChI is InChI=1S/C31H46N4O8/c1-31(2,3)43-29(39)33-25(19-27(37)41-4)28(38)32-24-11-8-16-35(20-24)26(36)13-12-22-14-17-34(18-15-22)30(40)42-21-23-9-6-5-7-10-23/h5-7,9-10,22,24-25H,8,11-21H2,1-4H3,(H,32,38)(H,33,39)/t24?,25-/m0/s1. The molecule has 0 spiro atoms. The minimum atomic E-state index is -1.17. The van der Waals surface area contributed by atoms with Gasteiger partial charge in [0.15, 0.2) is 0 Å². The number of amides is 4. The molecule has 1 unspecified atom stereocenters. The Morgan fingerprint density at radius 2 is 1.67 bits per heavy atom. The number of piperidine rings is 2. The van der Waals surface area contributed by atoms with Crippen LogP contribution in [-0.2, 0) is 35.2 Å². The van der Waals surface area contributed by atoms with E-state index in [1.165, 1.54) is 7.11 Å². The fraction of sp³-hybridized carbons (Fsp3) is 0.645. The van der Waals surface area contributed by atoms with Crippen LogP contribution in [0, 0.1) is 5.92 Å². The Bertz CT molecular complexity index is 1100. The normalized spacial score (nSPS) is 18.3. The Morgan fingerprint density at radius 1 is 0.977 bits per heavy atom. The van der Waals surface area contributed by atoms with Crippen LogP contribution in [0.4, 0.5) is 9.59 Å². The summed E-state index contributed by atoms with van der Waals surface area (Å²) in [6.07, 6.45) is 2.70. The van der Waals surface area contributed by atoms with Crippen molar-refractivity contribution in [2.75, 3.05) is 33.3 Å². The van der Waals surface area contributed by atoms with E-state index in [1.54, 1.807) is 30.6 Å². The molecular formula is C31H46N4O8. The lowest BCUT2D eigenvalue weighted by atomic mass is 9.92. The maximum atomic E-state index is 13.1. The summed E-state index contributed by atoms with van der Waals surface area (Å²) in [4.78, 5) is 66.2. The van der Waals surface area contributed by atoms with E-state index in [1.807, 2.05) is 30.3 Å². The number of nitrogens with zero attached hydrogens (tertiary/aromatic N) is 2. The molecule has 43 heavy (non-hydrogen) atoms. The second-order valence-electron chi connectivity index (χ2n) is 12.2. The number of carbonyl (C=O) groups excluding carboxylic acids is 5. The van der Waals surface area contributed by atoms with Crippen LogP contribution in [0.3, 0.4) is 0 Å². The van der Waals surface area contributed by atoms with E-state index >= 15 is 0 Å². The molecule has 2 aliphatic heterocycles. The molecule has 12 nitrogen and oxygen atoms in total. The fourth-order valence-electron chi connectivity index (χ4n) is 5.23. The average Bonchev–Trinajstić information content (AvgIpc) is 2.98. The Morgan fingerprint density at radius 3 is 2.33 bits per heavy atom. The molecule has 0 saturated carbocycles. The number of benzene rings is 1. The first-order chi connectivity index (χ1) is 20.4. The number of hydrogen-bond donors (Lipinski definition) is 2. The number of nitrogens with one attached hydrogen (secondary N) is 2. The largest absolute Gasteiger partial charge is 0.469 e. The number of alkyl carbamates (subject to hydrolysis) is 1. The third-order valence-electron chi connectivity index (χ3n) is 7.57. The molecule has 1 aromatic rings. The van der Waals surface area contributed by atoms with Gasteiger partial charge in [-0.3, -0.25) is 14.4 Å². The molecule has 2 heterocycles. The van der Waals surface area contributed by atoms with Gasteiger partial charge in [-0.05, 0) is 64.4 Å². The lowest BCUT2D eigenvalue weighted by Crippen LogP contribution is -2.55. The maximum absolute atomic E-state index is 13.1. The second kappa shape index (κ2) is 16.1. The van der Waals surface area contributed by atoms with E-state index < -0.39 is 29.6 Å². The zero-order valence-corrected chi connectivity index (χ0v) is 25.8. The number of likely N-dealkylation sites (tertiary alicyclic amines) is 2. The molecule has 1 aromatic carbocycles. The number of carbonyl (C=O) groups is 5. The molecule has 2 aliphatic rings. The SMILES string of the molecule is COC(=O)C[C@H](NC(=O)OC(C)(C)C)C(=O)NC1CCCN(C(=O)CCC2CCN(C(=O)OCc3ccccc3)CC2)C1. The van der Waals surface area contributed by atoms with Gasteiger partial charge in [-0.25, -0.2) is 9.59 Å².